The van der Waals surface area contributed by atoms with Gasteiger partial charge in [-0.2, -0.15) is 0 Å². The first-order chi connectivity index (χ1) is 16.1. The summed E-state index contributed by atoms with van der Waals surface area (Å²) in [5.74, 6) is 0.491. The molecule has 0 aliphatic carbocycles. The average molecular weight is 435 g/mol. The van der Waals surface area contributed by atoms with E-state index in [4.69, 9.17) is 0 Å². The van der Waals surface area contributed by atoms with Crippen molar-refractivity contribution in [3.63, 3.8) is 0 Å². The van der Waals surface area contributed by atoms with Crippen LogP contribution in [0.1, 0.15) is 16.8 Å². The van der Waals surface area contributed by atoms with Gasteiger partial charge >= 0.3 is 0 Å². The topological polar surface area (TPSA) is 50.7 Å². The maximum absolute atomic E-state index is 14.8. The maximum Gasteiger partial charge on any atom is 0.137 e. The predicted octanol–water partition coefficient (Wildman–Crippen LogP) is 6.73. The molecule has 0 saturated heterocycles. The summed E-state index contributed by atoms with van der Waals surface area (Å²) in [4.78, 5) is 13.1. The van der Waals surface area contributed by atoms with Gasteiger partial charge in [-0.05, 0) is 66.4 Å². The molecule has 5 aromatic rings. The predicted molar refractivity (Wildman–Crippen MR) is 131 cm³/mol. The second-order valence-electron chi connectivity index (χ2n) is 8.18. The van der Waals surface area contributed by atoms with Crippen LogP contribution in [0.25, 0.3) is 33.2 Å². The summed E-state index contributed by atoms with van der Waals surface area (Å²) in [7, 11) is 0. The Labute approximate surface area is 192 Å². The minimum absolute atomic E-state index is 0.232. The second-order valence-corrected chi connectivity index (χ2v) is 8.18. The Hall–Kier alpha value is -4.12. The Morgan fingerprint density at radius 3 is 2.48 bits per heavy atom. The largest absolute Gasteiger partial charge is 0.365 e. The van der Waals surface area contributed by atoms with Crippen LogP contribution < -0.4 is 5.32 Å². The van der Waals surface area contributed by atoms with Crippen molar-refractivity contribution in [2.45, 2.75) is 20.4 Å². The van der Waals surface area contributed by atoms with Crippen molar-refractivity contribution in [2.75, 3.05) is 5.32 Å². The van der Waals surface area contributed by atoms with E-state index in [1.54, 1.807) is 12.4 Å². The van der Waals surface area contributed by atoms with E-state index in [1.165, 1.54) is 0 Å². The van der Waals surface area contributed by atoms with Gasteiger partial charge in [-0.3, -0.25) is 4.98 Å². The van der Waals surface area contributed by atoms with Gasteiger partial charge in [0.25, 0.3) is 0 Å². The molecule has 3 aromatic carbocycles. The first-order valence-corrected chi connectivity index (χ1v) is 10.8. The molecule has 0 radical (unpaired) electrons. The van der Waals surface area contributed by atoms with E-state index in [0.717, 1.165) is 50.2 Å². The van der Waals surface area contributed by atoms with E-state index in [-0.39, 0.29) is 5.82 Å². The number of hydrogen-bond acceptors (Lipinski definition) is 4. The van der Waals surface area contributed by atoms with Crippen LogP contribution in [0, 0.1) is 19.7 Å². The van der Waals surface area contributed by atoms with Gasteiger partial charge in [0, 0.05) is 29.4 Å². The third kappa shape index (κ3) is 4.44. The third-order valence-electron chi connectivity index (χ3n) is 5.69. The number of hydrogen-bond donors (Lipinski definition) is 1. The molecular weight excluding hydrogens is 411 g/mol. The number of rotatable bonds is 5. The number of nitrogens with zero attached hydrogens (tertiary/aromatic N) is 3. The highest BCUT2D eigenvalue weighted by atomic mass is 19.1. The molecule has 162 valence electrons. The fraction of sp³-hybridized carbons (Fsp3) is 0.107. The Morgan fingerprint density at radius 2 is 1.67 bits per heavy atom. The lowest BCUT2D eigenvalue weighted by Gasteiger charge is -2.11. The van der Waals surface area contributed by atoms with Gasteiger partial charge < -0.3 is 5.32 Å². The summed E-state index contributed by atoms with van der Waals surface area (Å²) >= 11 is 0. The normalized spacial score (nSPS) is 11.0. The first-order valence-electron chi connectivity index (χ1n) is 10.8. The van der Waals surface area contributed by atoms with Crippen molar-refractivity contribution in [1.29, 1.82) is 0 Å². The molecule has 0 aliphatic rings. The minimum Gasteiger partial charge on any atom is -0.365 e. The highest BCUT2D eigenvalue weighted by molar-refractivity contribution is 5.92. The molecule has 0 fully saturated rings. The molecule has 5 heteroatoms. The summed E-state index contributed by atoms with van der Waals surface area (Å²) in [6, 6.07) is 23.4. The van der Waals surface area contributed by atoms with Crippen LogP contribution in [0.4, 0.5) is 10.2 Å². The van der Waals surface area contributed by atoms with E-state index >= 15 is 0 Å². The van der Waals surface area contributed by atoms with Crippen molar-refractivity contribution in [1.82, 2.24) is 15.0 Å². The number of aryl methyl sites for hydroxylation is 2. The highest BCUT2D eigenvalue weighted by Crippen LogP contribution is 2.28. The summed E-state index contributed by atoms with van der Waals surface area (Å²) in [5, 5.41) is 4.26. The van der Waals surface area contributed by atoms with E-state index in [2.05, 4.69) is 32.4 Å². The van der Waals surface area contributed by atoms with Crippen molar-refractivity contribution < 1.29 is 4.39 Å². The molecule has 1 N–H and O–H groups in total. The smallest absolute Gasteiger partial charge is 0.137 e. The number of anilines is 1. The number of nitrogens with one attached hydrogen (secondary N) is 1. The highest BCUT2D eigenvalue weighted by Gasteiger charge is 2.09. The minimum atomic E-state index is -0.232. The van der Waals surface area contributed by atoms with Crippen molar-refractivity contribution in [2.24, 2.45) is 0 Å². The molecule has 0 unspecified atom stereocenters. The monoisotopic (exact) mass is 434 g/mol. The van der Waals surface area contributed by atoms with Crippen LogP contribution in [0.3, 0.4) is 0 Å². The van der Waals surface area contributed by atoms with Crippen LogP contribution in [-0.4, -0.2) is 15.0 Å². The summed E-state index contributed by atoms with van der Waals surface area (Å²) in [6.45, 7) is 4.44. The molecule has 0 saturated carbocycles. The van der Waals surface area contributed by atoms with Crippen LogP contribution in [0.15, 0.2) is 85.3 Å². The standard InChI is InChI=1S/C28H23FN4/c1-18-4-3-5-23(12-18)24-8-6-20(14-26(24)29)16-31-28-25-9-7-21(15-27(25)32-17-33-28)22-10-11-30-19(2)13-22/h3-15,17H,16H2,1-2H3,(H,31,32,33). The van der Waals surface area contributed by atoms with Gasteiger partial charge in [-0.25, -0.2) is 14.4 Å². The number of aromatic nitrogens is 3. The van der Waals surface area contributed by atoms with Gasteiger partial charge in [-0.1, -0.05) is 48.0 Å². The molecular formula is C28H23FN4. The zero-order chi connectivity index (χ0) is 22.8. The molecule has 0 spiro atoms. The first kappa shape index (κ1) is 20.8. The number of halogens is 1. The Balaban J connectivity index is 1.38. The Bertz CT molecular complexity index is 1460. The molecule has 4 nitrogen and oxygen atoms in total. The fourth-order valence-corrected chi connectivity index (χ4v) is 4.00. The fourth-order valence-electron chi connectivity index (χ4n) is 4.00. The third-order valence-corrected chi connectivity index (χ3v) is 5.69. The van der Waals surface area contributed by atoms with E-state index in [9.17, 15) is 4.39 Å². The molecule has 5 rings (SSSR count). The van der Waals surface area contributed by atoms with Crippen LogP contribution in [-0.2, 0) is 6.54 Å². The second kappa shape index (κ2) is 8.79. The lowest BCUT2D eigenvalue weighted by atomic mass is 10.0. The van der Waals surface area contributed by atoms with Crippen LogP contribution >= 0.6 is 0 Å². The van der Waals surface area contributed by atoms with Crippen molar-refractivity contribution in [3.8, 4) is 22.3 Å². The Kier molecular flexibility index (Phi) is 5.53. The lowest BCUT2D eigenvalue weighted by Crippen LogP contribution is -2.03. The molecule has 0 bridgehead atoms. The van der Waals surface area contributed by atoms with Gasteiger partial charge in [0.2, 0.25) is 0 Å². The van der Waals surface area contributed by atoms with E-state index in [1.807, 2.05) is 74.6 Å². The lowest BCUT2D eigenvalue weighted by molar-refractivity contribution is 0.629. The quantitative estimate of drug-likeness (QED) is 0.333. The molecule has 0 aliphatic heterocycles. The zero-order valence-electron chi connectivity index (χ0n) is 18.5. The summed E-state index contributed by atoms with van der Waals surface area (Å²) in [5.41, 5.74) is 7.43. The van der Waals surface area contributed by atoms with Crippen molar-refractivity contribution in [3.05, 3.63) is 108 Å². The van der Waals surface area contributed by atoms with Gasteiger partial charge in [-0.15, -0.1) is 0 Å². The van der Waals surface area contributed by atoms with Gasteiger partial charge in [0.15, 0.2) is 0 Å². The zero-order valence-corrected chi connectivity index (χ0v) is 18.5. The maximum atomic E-state index is 14.8. The molecule has 2 aromatic heterocycles. The molecule has 33 heavy (non-hydrogen) atoms. The van der Waals surface area contributed by atoms with Gasteiger partial charge in [0.1, 0.15) is 18.0 Å². The molecule has 2 heterocycles. The summed E-state index contributed by atoms with van der Waals surface area (Å²) in [6.07, 6.45) is 3.36. The Morgan fingerprint density at radius 1 is 0.788 bits per heavy atom. The number of benzene rings is 3. The number of pyridine rings is 1. The summed E-state index contributed by atoms with van der Waals surface area (Å²) < 4.78 is 14.8. The molecule has 0 atom stereocenters. The SMILES string of the molecule is Cc1cccc(-c2ccc(CNc3ncnc4cc(-c5ccnc(C)c5)ccc34)cc2F)c1. The average Bonchev–Trinajstić information content (AvgIpc) is 2.82. The molecule has 0 amide bonds. The number of fused-ring (bicyclic) bond motifs is 1. The van der Waals surface area contributed by atoms with Crippen LogP contribution in [0.2, 0.25) is 0 Å². The van der Waals surface area contributed by atoms with Crippen LogP contribution in [0.5, 0.6) is 0 Å². The van der Waals surface area contributed by atoms with Crippen molar-refractivity contribution >= 4 is 16.7 Å². The van der Waals surface area contributed by atoms with E-state index < -0.39 is 0 Å². The van der Waals surface area contributed by atoms with E-state index in [0.29, 0.717) is 12.1 Å². The van der Waals surface area contributed by atoms with Gasteiger partial charge in [0.05, 0.1) is 5.52 Å².